The molecule has 20 atom stereocenters. The standard InChI is InChI=1S/C31H44O18/c1-10-2-3-11-13(8-43-27(16(10)11)47-29-22(39)20(37)18(35)14(6-32)44-29)26(41)46-24-12-4-5-42-28(17(12)31(9-34)25(24)49-31)48-30-23(40)21(38)19(36)15(7-33)45-30/h4-5,8,10-12,14-25,27-30,32-40H,2-3,6-7,9H2,1H3/t10-,11-,12+,14-,15+,16-,17-,18-,19-,20-,21+,22+,23+,24+,25+,27+,28+,29+,30+,31-/m1/s1. The van der Waals surface area contributed by atoms with Gasteiger partial charge in [-0.2, -0.15) is 0 Å². The zero-order valence-corrected chi connectivity index (χ0v) is 26.4. The summed E-state index contributed by atoms with van der Waals surface area (Å²) in [4.78, 5) is 13.8. The minimum absolute atomic E-state index is 0.000182. The number of esters is 1. The van der Waals surface area contributed by atoms with Crippen LogP contribution in [0.4, 0.5) is 0 Å². The molecule has 7 aliphatic rings. The number of epoxide rings is 1. The Bertz CT molecular complexity index is 1280. The maximum atomic E-state index is 13.8. The fourth-order valence-electron chi connectivity index (χ4n) is 8.48. The highest BCUT2D eigenvalue weighted by Crippen LogP contribution is 2.61. The first-order valence-corrected chi connectivity index (χ1v) is 16.5. The Morgan fingerprint density at radius 2 is 1.43 bits per heavy atom. The lowest BCUT2D eigenvalue weighted by molar-refractivity contribution is -0.344. The quantitative estimate of drug-likeness (QED) is 0.0811. The summed E-state index contributed by atoms with van der Waals surface area (Å²) in [6.45, 7) is 0.196. The normalized spacial score (nSPS) is 53.0. The number of hydrogen-bond donors (Lipinski definition) is 9. The van der Waals surface area contributed by atoms with Gasteiger partial charge in [-0.25, -0.2) is 4.79 Å². The van der Waals surface area contributed by atoms with Gasteiger partial charge in [-0.3, -0.25) is 0 Å². The molecule has 18 nitrogen and oxygen atoms in total. The van der Waals surface area contributed by atoms with Crippen LogP contribution < -0.4 is 0 Å². The van der Waals surface area contributed by atoms with E-state index in [1.54, 1.807) is 6.08 Å². The van der Waals surface area contributed by atoms with Gasteiger partial charge in [0, 0.05) is 17.8 Å². The van der Waals surface area contributed by atoms with E-state index in [-0.39, 0.29) is 23.3 Å². The van der Waals surface area contributed by atoms with E-state index >= 15 is 0 Å². The molecule has 276 valence electrons. The van der Waals surface area contributed by atoms with Crippen LogP contribution in [0.15, 0.2) is 24.2 Å². The van der Waals surface area contributed by atoms with Crippen molar-refractivity contribution in [1.82, 2.24) is 0 Å². The molecule has 5 heterocycles. The number of fused-ring (bicyclic) bond motifs is 4. The zero-order valence-electron chi connectivity index (χ0n) is 26.4. The predicted octanol–water partition coefficient (Wildman–Crippen LogP) is -4.32. The lowest BCUT2D eigenvalue weighted by atomic mass is 9.83. The van der Waals surface area contributed by atoms with Crippen molar-refractivity contribution < 1.29 is 88.6 Å². The lowest BCUT2D eigenvalue weighted by Gasteiger charge is -2.43. The molecule has 18 heteroatoms. The van der Waals surface area contributed by atoms with Crippen molar-refractivity contribution in [3.8, 4) is 0 Å². The van der Waals surface area contributed by atoms with Crippen molar-refractivity contribution in [2.45, 2.75) is 112 Å². The van der Waals surface area contributed by atoms with Crippen molar-refractivity contribution >= 4 is 5.97 Å². The largest absolute Gasteiger partial charge is 0.472 e. The highest BCUT2D eigenvalue weighted by molar-refractivity contribution is 5.89. The van der Waals surface area contributed by atoms with Gasteiger partial charge in [0.1, 0.15) is 66.6 Å². The summed E-state index contributed by atoms with van der Waals surface area (Å²) in [5.41, 5.74) is -0.988. The fraction of sp³-hybridized carbons (Fsp3) is 0.839. The smallest absolute Gasteiger partial charge is 0.337 e. The Morgan fingerprint density at radius 1 is 0.816 bits per heavy atom. The van der Waals surface area contributed by atoms with Crippen molar-refractivity contribution in [3.63, 3.8) is 0 Å². The van der Waals surface area contributed by atoms with Crippen LogP contribution in [0.25, 0.3) is 0 Å². The van der Waals surface area contributed by atoms with E-state index in [1.807, 2.05) is 6.92 Å². The summed E-state index contributed by atoms with van der Waals surface area (Å²) in [6, 6.07) is 0. The summed E-state index contributed by atoms with van der Waals surface area (Å²) in [5, 5.41) is 91.3. The van der Waals surface area contributed by atoms with Gasteiger partial charge in [0.25, 0.3) is 0 Å². The van der Waals surface area contributed by atoms with Gasteiger partial charge in [-0.15, -0.1) is 0 Å². The molecule has 0 unspecified atom stereocenters. The molecule has 0 amide bonds. The maximum absolute atomic E-state index is 13.8. The van der Waals surface area contributed by atoms with E-state index in [4.69, 9.17) is 37.9 Å². The first-order valence-electron chi connectivity index (χ1n) is 16.5. The van der Waals surface area contributed by atoms with Crippen LogP contribution in [0.1, 0.15) is 19.8 Å². The summed E-state index contributed by atoms with van der Waals surface area (Å²) in [7, 11) is 0. The third kappa shape index (κ3) is 5.79. The first kappa shape index (κ1) is 35.4. The number of rotatable bonds is 9. The van der Waals surface area contributed by atoms with Crippen LogP contribution in [0.2, 0.25) is 0 Å². The predicted molar refractivity (Wildman–Crippen MR) is 154 cm³/mol. The van der Waals surface area contributed by atoms with Crippen LogP contribution in [-0.4, -0.2) is 164 Å². The van der Waals surface area contributed by atoms with E-state index in [9.17, 15) is 50.8 Å². The minimum Gasteiger partial charge on any atom is -0.472 e. The number of hydrogen-bond acceptors (Lipinski definition) is 18. The second-order valence-corrected chi connectivity index (χ2v) is 13.9. The SMILES string of the molecule is C[C@@H]1CC[C@@H]2C(C(=O)O[C@H]3[C@H]4C=CO[C@@H](O[C@@H]5O[C@@H](CO)[C@@H](O)[C@H](O)[C@@H]5O)[C@@H]4[C@@]4(CO)O[C@@H]34)=CO[C@@H](O[C@@H]3O[C@H](CO)[C@@H](O)[C@@H](O)[C@@H]3O)[C@H]12. The number of carbonyl (C=O) groups is 1. The number of carbonyl (C=O) groups excluding carboxylic acids is 1. The van der Waals surface area contributed by atoms with Gasteiger partial charge >= 0.3 is 5.97 Å². The second kappa shape index (κ2) is 13.5. The molecule has 2 saturated carbocycles. The van der Waals surface area contributed by atoms with Crippen LogP contribution in [0, 0.1) is 29.6 Å². The van der Waals surface area contributed by atoms with Gasteiger partial charge < -0.3 is 83.9 Å². The molecule has 0 spiro atoms. The summed E-state index contributed by atoms with van der Waals surface area (Å²) >= 11 is 0. The third-order valence-electron chi connectivity index (χ3n) is 11.3. The number of aliphatic hydroxyl groups excluding tert-OH is 9. The topological polar surface area (TPSA) is 276 Å². The molecule has 7 rings (SSSR count). The monoisotopic (exact) mass is 704 g/mol. The van der Waals surface area contributed by atoms with Gasteiger partial charge in [0.2, 0.25) is 12.6 Å². The molecule has 5 fully saturated rings. The second-order valence-electron chi connectivity index (χ2n) is 13.9. The van der Waals surface area contributed by atoms with Gasteiger partial charge in [-0.1, -0.05) is 6.92 Å². The molecule has 0 radical (unpaired) electrons. The van der Waals surface area contributed by atoms with Crippen LogP contribution in [-0.2, 0) is 42.7 Å². The Hall–Kier alpha value is -2.01. The molecule has 0 bridgehead atoms. The van der Waals surface area contributed by atoms with Crippen molar-refractivity contribution in [2.75, 3.05) is 19.8 Å². The lowest BCUT2D eigenvalue weighted by Crippen LogP contribution is -2.60. The molecule has 2 aliphatic carbocycles. The molecule has 5 aliphatic heterocycles. The molecule has 0 aromatic rings. The highest BCUT2D eigenvalue weighted by atomic mass is 16.8. The number of aliphatic hydroxyl groups is 9. The number of ether oxygens (including phenoxy) is 8. The molecule has 3 saturated heterocycles. The molecule has 9 N–H and O–H groups in total. The highest BCUT2D eigenvalue weighted by Gasteiger charge is 2.77. The zero-order chi connectivity index (χ0) is 34.9. The summed E-state index contributed by atoms with van der Waals surface area (Å²) in [6.07, 6.45) is -13.5. The Kier molecular flexibility index (Phi) is 9.76. The van der Waals surface area contributed by atoms with Crippen molar-refractivity contribution in [3.05, 3.63) is 24.2 Å². The van der Waals surface area contributed by atoms with Crippen molar-refractivity contribution in [1.29, 1.82) is 0 Å². The van der Waals surface area contributed by atoms with E-state index in [2.05, 4.69) is 0 Å². The average Bonchev–Trinajstić information content (AvgIpc) is 3.62. The minimum atomic E-state index is -1.70. The summed E-state index contributed by atoms with van der Waals surface area (Å²) < 4.78 is 46.4. The Morgan fingerprint density at radius 3 is 2.02 bits per heavy atom. The third-order valence-corrected chi connectivity index (χ3v) is 11.3. The fourth-order valence-corrected chi connectivity index (χ4v) is 8.48. The van der Waals surface area contributed by atoms with Crippen molar-refractivity contribution in [2.24, 2.45) is 29.6 Å². The van der Waals surface area contributed by atoms with Crippen LogP contribution in [0.3, 0.4) is 0 Å². The molecule has 0 aromatic heterocycles. The van der Waals surface area contributed by atoms with E-state index in [0.29, 0.717) is 12.8 Å². The summed E-state index contributed by atoms with van der Waals surface area (Å²) in [5.74, 6) is -2.79. The van der Waals surface area contributed by atoms with E-state index in [1.165, 1.54) is 12.5 Å². The van der Waals surface area contributed by atoms with Gasteiger partial charge in [0.05, 0.1) is 43.8 Å². The first-order chi connectivity index (χ1) is 23.4. The molecular formula is C31H44O18. The average molecular weight is 705 g/mol. The maximum Gasteiger partial charge on any atom is 0.337 e. The van der Waals surface area contributed by atoms with Gasteiger partial charge in [-0.05, 0) is 24.8 Å². The van der Waals surface area contributed by atoms with Crippen LogP contribution >= 0.6 is 0 Å². The van der Waals surface area contributed by atoms with E-state index in [0.717, 1.165) is 0 Å². The molecular weight excluding hydrogens is 660 g/mol. The van der Waals surface area contributed by atoms with Gasteiger partial charge in [0.15, 0.2) is 12.6 Å². The Balaban J connectivity index is 1.05. The molecule has 0 aromatic carbocycles. The van der Waals surface area contributed by atoms with E-state index < -0.39 is 129 Å². The Labute approximate surface area is 279 Å². The van der Waals surface area contributed by atoms with Crippen LogP contribution in [0.5, 0.6) is 0 Å². The molecule has 49 heavy (non-hydrogen) atoms.